The highest BCUT2D eigenvalue weighted by Gasteiger charge is 2.49. The number of hydrogen-bond acceptors (Lipinski definition) is 2. The Hall–Kier alpha value is -2.10. The molecule has 1 unspecified atom stereocenters. The topological polar surface area (TPSA) is 49.4 Å². The number of carbonyl (C=O) groups is 2. The average Bonchev–Trinajstić information content (AvgIpc) is 2.62. The summed E-state index contributed by atoms with van der Waals surface area (Å²) in [7, 11) is 0. The van der Waals surface area contributed by atoms with Crippen molar-refractivity contribution in [3.63, 3.8) is 0 Å². The van der Waals surface area contributed by atoms with Crippen molar-refractivity contribution in [3.8, 4) is 0 Å². The first kappa shape index (κ1) is 17.7. The van der Waals surface area contributed by atoms with E-state index in [2.05, 4.69) is 37.4 Å². The quantitative estimate of drug-likeness (QED) is 0.880. The third-order valence-corrected chi connectivity index (χ3v) is 5.58. The summed E-state index contributed by atoms with van der Waals surface area (Å²) in [6.45, 7) is 6.92. The highest BCUT2D eigenvalue weighted by atomic mass is 16.2. The van der Waals surface area contributed by atoms with Gasteiger partial charge >= 0.3 is 0 Å². The van der Waals surface area contributed by atoms with Crippen molar-refractivity contribution in [1.82, 2.24) is 4.90 Å². The summed E-state index contributed by atoms with van der Waals surface area (Å²) >= 11 is 0. The molecule has 1 atom stereocenters. The van der Waals surface area contributed by atoms with Gasteiger partial charge in [-0.25, -0.2) is 0 Å². The summed E-state index contributed by atoms with van der Waals surface area (Å²) in [6, 6.07) is 8.08. The maximum atomic E-state index is 13.2. The first-order valence-corrected chi connectivity index (χ1v) is 9.40. The predicted octanol–water partition coefficient (Wildman–Crippen LogP) is 4.45. The zero-order valence-electron chi connectivity index (χ0n) is 15.5. The van der Waals surface area contributed by atoms with Gasteiger partial charge in [0, 0.05) is 24.4 Å². The van der Waals surface area contributed by atoms with Crippen LogP contribution in [-0.4, -0.2) is 23.3 Å². The van der Waals surface area contributed by atoms with Crippen LogP contribution in [0.1, 0.15) is 64.4 Å². The van der Waals surface area contributed by atoms with E-state index < -0.39 is 5.41 Å². The van der Waals surface area contributed by atoms with Crippen molar-refractivity contribution in [2.75, 3.05) is 11.9 Å². The fourth-order valence-electron chi connectivity index (χ4n) is 4.07. The van der Waals surface area contributed by atoms with Crippen LogP contribution in [-0.2, 0) is 9.59 Å². The maximum absolute atomic E-state index is 13.2. The average molecular weight is 340 g/mol. The molecule has 1 aliphatic heterocycles. The van der Waals surface area contributed by atoms with Gasteiger partial charge in [0.2, 0.25) is 11.8 Å². The largest absolute Gasteiger partial charge is 0.325 e. The van der Waals surface area contributed by atoms with Gasteiger partial charge in [-0.2, -0.15) is 0 Å². The first-order chi connectivity index (χ1) is 12.0. The monoisotopic (exact) mass is 340 g/mol. The number of benzene rings is 1. The Labute approximate surface area is 150 Å². The van der Waals surface area contributed by atoms with E-state index >= 15 is 0 Å². The van der Waals surface area contributed by atoms with Gasteiger partial charge in [0.05, 0.1) is 5.41 Å². The Morgan fingerprint density at radius 3 is 2.60 bits per heavy atom. The molecule has 2 amide bonds. The molecule has 1 aromatic rings. The summed E-state index contributed by atoms with van der Waals surface area (Å²) in [4.78, 5) is 27.3. The molecular weight excluding hydrogens is 312 g/mol. The predicted molar refractivity (Wildman–Crippen MR) is 100 cm³/mol. The SMILES string of the molecule is CCN1C(=O)CCC2(C(=O)Nc3ccc(C(C)C)cc3)CCCC=C12. The van der Waals surface area contributed by atoms with E-state index in [1.54, 1.807) is 0 Å². The van der Waals surface area contributed by atoms with Gasteiger partial charge in [-0.3, -0.25) is 9.59 Å². The Bertz CT molecular complexity index is 690. The fraction of sp³-hybridized carbons (Fsp3) is 0.524. The number of nitrogens with zero attached hydrogens (tertiary/aromatic N) is 1. The molecular formula is C21H28N2O2. The number of nitrogens with one attached hydrogen (secondary N) is 1. The molecule has 1 saturated heterocycles. The fourth-order valence-corrected chi connectivity index (χ4v) is 4.07. The zero-order chi connectivity index (χ0) is 18.0. The number of likely N-dealkylation sites (tertiary alicyclic amines) is 1. The van der Waals surface area contributed by atoms with Crippen LogP contribution in [0.15, 0.2) is 36.0 Å². The van der Waals surface area contributed by atoms with E-state index in [-0.39, 0.29) is 11.8 Å². The van der Waals surface area contributed by atoms with Gasteiger partial charge in [0.25, 0.3) is 0 Å². The van der Waals surface area contributed by atoms with Gasteiger partial charge in [0.1, 0.15) is 0 Å². The van der Waals surface area contributed by atoms with Crippen LogP contribution < -0.4 is 5.32 Å². The van der Waals surface area contributed by atoms with Gasteiger partial charge in [-0.05, 0) is 56.2 Å². The lowest BCUT2D eigenvalue weighted by Gasteiger charge is -2.45. The summed E-state index contributed by atoms with van der Waals surface area (Å²) < 4.78 is 0. The zero-order valence-corrected chi connectivity index (χ0v) is 15.5. The Balaban J connectivity index is 1.85. The molecule has 0 spiro atoms. The minimum atomic E-state index is -0.557. The second-order valence-corrected chi connectivity index (χ2v) is 7.43. The lowest BCUT2D eigenvalue weighted by molar-refractivity contribution is -0.138. The van der Waals surface area contributed by atoms with Crippen molar-refractivity contribution in [2.24, 2.45) is 5.41 Å². The lowest BCUT2D eigenvalue weighted by atomic mass is 9.69. The molecule has 1 aromatic carbocycles. The van der Waals surface area contributed by atoms with Crippen LogP contribution in [0.5, 0.6) is 0 Å². The Kier molecular flexibility index (Phi) is 4.98. The minimum Gasteiger partial charge on any atom is -0.325 e. The van der Waals surface area contributed by atoms with Crippen molar-refractivity contribution in [3.05, 3.63) is 41.6 Å². The summed E-state index contributed by atoms with van der Waals surface area (Å²) in [5.41, 5.74) is 2.45. The van der Waals surface area contributed by atoms with Crippen LogP contribution in [0.2, 0.25) is 0 Å². The van der Waals surface area contributed by atoms with E-state index in [1.807, 2.05) is 24.0 Å². The number of rotatable bonds is 4. The second-order valence-electron chi connectivity index (χ2n) is 7.43. The van der Waals surface area contributed by atoms with Gasteiger partial charge < -0.3 is 10.2 Å². The van der Waals surface area contributed by atoms with Crippen LogP contribution in [0.25, 0.3) is 0 Å². The van der Waals surface area contributed by atoms with E-state index in [0.717, 1.165) is 30.6 Å². The van der Waals surface area contributed by atoms with Crippen molar-refractivity contribution in [2.45, 2.75) is 58.8 Å². The van der Waals surface area contributed by atoms with Crippen LogP contribution in [0.4, 0.5) is 5.69 Å². The molecule has 2 aliphatic rings. The number of piperidine rings is 1. The maximum Gasteiger partial charge on any atom is 0.236 e. The summed E-state index contributed by atoms with van der Waals surface area (Å²) in [5, 5.41) is 3.11. The highest BCUT2D eigenvalue weighted by molar-refractivity contribution is 5.99. The van der Waals surface area contributed by atoms with E-state index in [1.165, 1.54) is 5.56 Å². The molecule has 3 rings (SSSR count). The van der Waals surface area contributed by atoms with Crippen molar-refractivity contribution < 1.29 is 9.59 Å². The molecule has 1 fully saturated rings. The van der Waals surface area contributed by atoms with Gasteiger partial charge in [-0.1, -0.05) is 32.1 Å². The molecule has 25 heavy (non-hydrogen) atoms. The van der Waals surface area contributed by atoms with Crippen molar-refractivity contribution in [1.29, 1.82) is 0 Å². The standard InChI is InChI=1S/C21H28N2O2/c1-4-23-18-7-5-6-13-21(18,14-12-19(23)24)20(25)22-17-10-8-16(9-11-17)15(2)3/h7-11,15H,4-6,12-14H2,1-3H3,(H,22,25). The second kappa shape index (κ2) is 7.03. The molecule has 4 heteroatoms. The Morgan fingerprint density at radius 1 is 1.24 bits per heavy atom. The van der Waals surface area contributed by atoms with Gasteiger partial charge in [-0.15, -0.1) is 0 Å². The van der Waals surface area contributed by atoms with E-state index in [4.69, 9.17) is 0 Å². The molecule has 1 N–H and O–H groups in total. The highest BCUT2D eigenvalue weighted by Crippen LogP contribution is 2.47. The molecule has 1 heterocycles. The summed E-state index contributed by atoms with van der Waals surface area (Å²) in [6.07, 6.45) is 5.92. The first-order valence-electron chi connectivity index (χ1n) is 9.40. The van der Waals surface area contributed by atoms with Crippen LogP contribution >= 0.6 is 0 Å². The molecule has 0 aromatic heterocycles. The molecule has 0 radical (unpaired) electrons. The smallest absolute Gasteiger partial charge is 0.236 e. The Morgan fingerprint density at radius 2 is 1.96 bits per heavy atom. The number of allylic oxidation sites excluding steroid dienone is 1. The summed E-state index contributed by atoms with van der Waals surface area (Å²) in [5.74, 6) is 0.640. The third-order valence-electron chi connectivity index (χ3n) is 5.58. The molecule has 0 saturated carbocycles. The van der Waals surface area contributed by atoms with Crippen molar-refractivity contribution >= 4 is 17.5 Å². The molecule has 0 bridgehead atoms. The number of anilines is 1. The van der Waals surface area contributed by atoms with Crippen LogP contribution in [0.3, 0.4) is 0 Å². The lowest BCUT2D eigenvalue weighted by Crippen LogP contribution is -2.51. The number of carbonyl (C=O) groups excluding carboxylic acids is 2. The van der Waals surface area contributed by atoms with Crippen LogP contribution in [0, 0.1) is 5.41 Å². The molecule has 4 nitrogen and oxygen atoms in total. The third kappa shape index (κ3) is 3.22. The molecule has 134 valence electrons. The van der Waals surface area contributed by atoms with E-state index in [0.29, 0.717) is 25.3 Å². The minimum absolute atomic E-state index is 0.0293. The number of fused-ring (bicyclic) bond motifs is 1. The number of hydrogen-bond donors (Lipinski definition) is 1. The molecule has 1 aliphatic carbocycles. The van der Waals surface area contributed by atoms with Gasteiger partial charge in [0.15, 0.2) is 0 Å². The normalized spacial score (nSPS) is 23.3. The number of amides is 2. The van der Waals surface area contributed by atoms with E-state index in [9.17, 15) is 9.59 Å².